The monoisotopic (exact) mass is 288 g/mol. The van der Waals surface area contributed by atoms with E-state index in [1.165, 1.54) is 0 Å². The number of carbonyl (C=O) groups excluding carboxylic acids is 1. The molecule has 0 aliphatic carbocycles. The number of halogens is 2. The lowest BCUT2D eigenvalue weighted by atomic mass is 10.1. The molecule has 0 aromatic heterocycles. The van der Waals surface area contributed by atoms with Crippen molar-refractivity contribution in [3.63, 3.8) is 0 Å². The van der Waals surface area contributed by atoms with Gasteiger partial charge in [-0.05, 0) is 37.5 Å². The van der Waals surface area contributed by atoms with Crippen molar-refractivity contribution >= 4 is 35.6 Å². The summed E-state index contributed by atoms with van der Waals surface area (Å²) in [5, 5.41) is 0.432. The number of likely N-dealkylation sites (tertiary alicyclic amines) is 1. The van der Waals surface area contributed by atoms with E-state index in [0.717, 1.165) is 13.0 Å². The van der Waals surface area contributed by atoms with Crippen molar-refractivity contribution in [2.24, 2.45) is 5.92 Å². The fourth-order valence-electron chi connectivity index (χ4n) is 2.44. The van der Waals surface area contributed by atoms with Gasteiger partial charge in [-0.2, -0.15) is 0 Å². The molecule has 100 valence electrons. The maximum atomic E-state index is 12.3. The Morgan fingerprint density at radius 3 is 2.61 bits per heavy atom. The van der Waals surface area contributed by atoms with E-state index in [9.17, 15) is 4.79 Å². The third-order valence-corrected chi connectivity index (χ3v) is 3.58. The summed E-state index contributed by atoms with van der Waals surface area (Å²) in [5.41, 5.74) is 6.74. The van der Waals surface area contributed by atoms with Crippen molar-refractivity contribution in [2.45, 2.75) is 26.3 Å². The maximum absolute atomic E-state index is 12.3. The zero-order valence-corrected chi connectivity index (χ0v) is 12.1. The number of rotatable bonds is 1. The number of nitrogen functional groups attached to an aromatic ring is 1. The van der Waals surface area contributed by atoms with Gasteiger partial charge in [0.25, 0.3) is 5.91 Å². The molecule has 1 aromatic rings. The molecule has 3 nitrogen and oxygen atoms in total. The van der Waals surface area contributed by atoms with Crippen LogP contribution < -0.4 is 5.73 Å². The molecule has 1 aromatic carbocycles. The normalized spacial score (nSPS) is 22.7. The van der Waals surface area contributed by atoms with Crippen LogP contribution in [0.1, 0.15) is 30.6 Å². The molecule has 1 saturated heterocycles. The standard InChI is InChI=1S/C13H17ClN2O.ClH/c1-8-5-9(2)16(7-8)13(17)11-4-3-10(15)6-12(11)14;/h3-4,6,8-9H,5,7,15H2,1-2H3;1H. The van der Waals surface area contributed by atoms with Crippen LogP contribution >= 0.6 is 24.0 Å². The van der Waals surface area contributed by atoms with Crippen LogP contribution in [0.4, 0.5) is 5.69 Å². The second-order valence-corrected chi connectivity index (χ2v) is 5.29. The number of nitrogens with zero attached hydrogens (tertiary/aromatic N) is 1. The van der Waals surface area contributed by atoms with Gasteiger partial charge in [0.2, 0.25) is 0 Å². The Hall–Kier alpha value is -0.930. The van der Waals surface area contributed by atoms with Crippen LogP contribution in [-0.4, -0.2) is 23.4 Å². The number of amides is 1. The van der Waals surface area contributed by atoms with Crippen LogP contribution in [0.2, 0.25) is 5.02 Å². The van der Waals surface area contributed by atoms with Crippen LogP contribution in [0.5, 0.6) is 0 Å². The second kappa shape index (κ2) is 5.81. The van der Waals surface area contributed by atoms with Gasteiger partial charge in [-0.15, -0.1) is 12.4 Å². The van der Waals surface area contributed by atoms with Gasteiger partial charge in [0, 0.05) is 18.3 Å². The van der Waals surface area contributed by atoms with Crippen molar-refractivity contribution in [3.8, 4) is 0 Å². The van der Waals surface area contributed by atoms with Crippen molar-refractivity contribution in [1.82, 2.24) is 4.90 Å². The van der Waals surface area contributed by atoms with Crippen LogP contribution in [-0.2, 0) is 0 Å². The van der Waals surface area contributed by atoms with E-state index in [2.05, 4.69) is 13.8 Å². The number of benzene rings is 1. The number of hydrogen-bond acceptors (Lipinski definition) is 2. The predicted octanol–water partition coefficient (Wildman–Crippen LogP) is 3.21. The van der Waals surface area contributed by atoms with Gasteiger partial charge in [-0.1, -0.05) is 18.5 Å². The largest absolute Gasteiger partial charge is 0.399 e. The molecule has 0 saturated carbocycles. The summed E-state index contributed by atoms with van der Waals surface area (Å²) in [6.07, 6.45) is 1.05. The molecule has 2 rings (SSSR count). The van der Waals surface area contributed by atoms with Gasteiger partial charge in [-0.3, -0.25) is 4.79 Å². The highest BCUT2D eigenvalue weighted by Crippen LogP contribution is 2.27. The van der Waals surface area contributed by atoms with Crippen molar-refractivity contribution in [3.05, 3.63) is 28.8 Å². The molecule has 1 heterocycles. The molecule has 1 aliphatic rings. The molecule has 0 spiro atoms. The van der Waals surface area contributed by atoms with Crippen LogP contribution in [0.25, 0.3) is 0 Å². The van der Waals surface area contributed by atoms with Crippen molar-refractivity contribution < 1.29 is 4.79 Å². The maximum Gasteiger partial charge on any atom is 0.255 e. The van der Waals surface area contributed by atoms with Gasteiger partial charge >= 0.3 is 0 Å². The van der Waals surface area contributed by atoms with E-state index in [4.69, 9.17) is 17.3 Å². The van der Waals surface area contributed by atoms with Crippen molar-refractivity contribution in [2.75, 3.05) is 12.3 Å². The highest BCUT2D eigenvalue weighted by molar-refractivity contribution is 6.34. The molecule has 18 heavy (non-hydrogen) atoms. The van der Waals surface area contributed by atoms with Gasteiger partial charge in [0.15, 0.2) is 0 Å². The number of hydrogen-bond donors (Lipinski definition) is 1. The molecule has 5 heteroatoms. The lowest BCUT2D eigenvalue weighted by molar-refractivity contribution is 0.0744. The first-order valence-corrected chi connectivity index (χ1v) is 6.23. The summed E-state index contributed by atoms with van der Waals surface area (Å²) >= 11 is 6.06. The van der Waals surface area contributed by atoms with E-state index in [1.54, 1.807) is 18.2 Å². The van der Waals surface area contributed by atoms with Crippen LogP contribution in [0, 0.1) is 5.92 Å². The topological polar surface area (TPSA) is 46.3 Å². The molecular weight excluding hydrogens is 271 g/mol. The van der Waals surface area contributed by atoms with E-state index >= 15 is 0 Å². The molecule has 1 fully saturated rings. The van der Waals surface area contributed by atoms with Crippen LogP contribution in [0.3, 0.4) is 0 Å². The van der Waals surface area contributed by atoms with Crippen LogP contribution in [0.15, 0.2) is 18.2 Å². The summed E-state index contributed by atoms with van der Waals surface area (Å²) in [5.74, 6) is 0.563. The fourth-order valence-corrected chi connectivity index (χ4v) is 2.71. The fraction of sp³-hybridized carbons (Fsp3) is 0.462. The first kappa shape index (κ1) is 15.1. The Labute approximate surface area is 119 Å². The Morgan fingerprint density at radius 1 is 1.44 bits per heavy atom. The average molecular weight is 289 g/mol. The van der Waals surface area contributed by atoms with Gasteiger partial charge < -0.3 is 10.6 Å². The first-order valence-electron chi connectivity index (χ1n) is 5.85. The Morgan fingerprint density at radius 2 is 2.11 bits per heavy atom. The minimum absolute atomic E-state index is 0. The average Bonchev–Trinajstić information content (AvgIpc) is 2.57. The first-order chi connectivity index (χ1) is 7.99. The lowest BCUT2D eigenvalue weighted by Crippen LogP contribution is -2.34. The SMILES string of the molecule is CC1CC(C)N(C(=O)c2ccc(N)cc2Cl)C1.Cl. The third kappa shape index (κ3) is 2.90. The number of nitrogens with two attached hydrogens (primary N) is 1. The van der Waals surface area contributed by atoms with Gasteiger partial charge in [0.1, 0.15) is 0 Å². The Balaban J connectivity index is 0.00000162. The quantitative estimate of drug-likeness (QED) is 0.807. The summed E-state index contributed by atoms with van der Waals surface area (Å²) < 4.78 is 0. The Bertz CT molecular complexity index is 451. The summed E-state index contributed by atoms with van der Waals surface area (Å²) in [4.78, 5) is 14.2. The Kier molecular flexibility index (Phi) is 4.88. The molecule has 0 radical (unpaired) electrons. The van der Waals surface area contributed by atoms with Gasteiger partial charge in [-0.25, -0.2) is 0 Å². The highest BCUT2D eigenvalue weighted by Gasteiger charge is 2.31. The summed E-state index contributed by atoms with van der Waals surface area (Å²) in [6.45, 7) is 5.04. The van der Waals surface area contributed by atoms with E-state index < -0.39 is 0 Å². The molecule has 2 atom stereocenters. The second-order valence-electron chi connectivity index (χ2n) is 4.89. The zero-order valence-electron chi connectivity index (χ0n) is 10.5. The third-order valence-electron chi connectivity index (χ3n) is 3.27. The molecular formula is C13H18Cl2N2O. The lowest BCUT2D eigenvalue weighted by Gasteiger charge is -2.22. The number of carbonyl (C=O) groups is 1. The van der Waals surface area contributed by atoms with E-state index in [-0.39, 0.29) is 24.4 Å². The minimum atomic E-state index is 0. The zero-order chi connectivity index (χ0) is 12.6. The predicted molar refractivity (Wildman–Crippen MR) is 77.4 cm³/mol. The summed E-state index contributed by atoms with van der Waals surface area (Å²) in [7, 11) is 0. The smallest absolute Gasteiger partial charge is 0.255 e. The minimum Gasteiger partial charge on any atom is -0.399 e. The molecule has 0 bridgehead atoms. The molecule has 1 aliphatic heterocycles. The molecule has 2 unspecified atom stereocenters. The van der Waals surface area contributed by atoms with Gasteiger partial charge in [0.05, 0.1) is 10.6 Å². The highest BCUT2D eigenvalue weighted by atomic mass is 35.5. The molecule has 2 N–H and O–H groups in total. The van der Waals surface area contributed by atoms with E-state index in [0.29, 0.717) is 22.2 Å². The van der Waals surface area contributed by atoms with E-state index in [1.807, 2.05) is 4.90 Å². The summed E-state index contributed by atoms with van der Waals surface area (Å²) in [6, 6.07) is 5.32. The number of anilines is 1. The van der Waals surface area contributed by atoms with Crippen molar-refractivity contribution in [1.29, 1.82) is 0 Å². The molecule has 1 amide bonds.